The zero-order chi connectivity index (χ0) is 20.8. The van der Waals surface area contributed by atoms with E-state index >= 15 is 0 Å². The maximum absolute atomic E-state index is 12.7. The fourth-order valence-electron chi connectivity index (χ4n) is 4.65. The molecule has 2 amide bonds. The lowest BCUT2D eigenvalue weighted by molar-refractivity contribution is -0.140. The van der Waals surface area contributed by atoms with Gasteiger partial charge in [-0.2, -0.15) is 10.1 Å². The number of hydrazone groups is 1. The van der Waals surface area contributed by atoms with Crippen LogP contribution < -0.4 is 4.74 Å². The number of carbonyl (C=O) groups is 2. The molecule has 4 atom stereocenters. The summed E-state index contributed by atoms with van der Waals surface area (Å²) in [7, 11) is 0. The number of fused-ring (bicyclic) bond motifs is 5. The van der Waals surface area contributed by atoms with E-state index in [9.17, 15) is 9.59 Å². The number of amides is 2. The number of hydrogen-bond donors (Lipinski definition) is 0. The third-order valence-electron chi connectivity index (χ3n) is 6.02. The topological polar surface area (TPSA) is 59.0 Å². The molecule has 152 valence electrons. The lowest BCUT2D eigenvalue weighted by Gasteiger charge is -2.13. The van der Waals surface area contributed by atoms with Crippen LogP contribution in [0.15, 0.2) is 68.7 Å². The van der Waals surface area contributed by atoms with Gasteiger partial charge in [-0.3, -0.25) is 9.59 Å². The predicted molar refractivity (Wildman–Crippen MR) is 120 cm³/mol. The molecule has 1 saturated heterocycles. The van der Waals surface area contributed by atoms with Gasteiger partial charge < -0.3 is 4.74 Å². The lowest BCUT2D eigenvalue weighted by Crippen LogP contribution is -2.28. The molecule has 1 heterocycles. The zero-order valence-corrected chi connectivity index (χ0v) is 19.0. The molecule has 2 fully saturated rings. The Kier molecular flexibility index (Phi) is 5.11. The second-order valence-corrected chi connectivity index (χ2v) is 9.53. The third kappa shape index (κ3) is 3.34. The van der Waals surface area contributed by atoms with Crippen LogP contribution in [-0.4, -0.2) is 23.0 Å². The molecule has 0 spiro atoms. The van der Waals surface area contributed by atoms with Gasteiger partial charge in [-0.15, -0.1) is 0 Å². The van der Waals surface area contributed by atoms with Gasteiger partial charge in [0.1, 0.15) is 12.4 Å². The maximum Gasteiger partial charge on any atom is 0.254 e. The highest BCUT2D eigenvalue weighted by molar-refractivity contribution is 9.11. The Morgan fingerprint density at radius 2 is 1.60 bits per heavy atom. The van der Waals surface area contributed by atoms with E-state index in [0.717, 1.165) is 31.5 Å². The quantitative estimate of drug-likeness (QED) is 0.313. The van der Waals surface area contributed by atoms with Gasteiger partial charge in [0, 0.05) is 0 Å². The molecule has 2 aromatic carbocycles. The Labute approximate surface area is 191 Å². The van der Waals surface area contributed by atoms with Gasteiger partial charge in [0.2, 0.25) is 0 Å². The molecule has 2 bridgehead atoms. The summed E-state index contributed by atoms with van der Waals surface area (Å²) >= 11 is 7.08. The fraction of sp³-hybridized carbons (Fsp3) is 0.261. The van der Waals surface area contributed by atoms with Crippen LogP contribution in [0.2, 0.25) is 0 Å². The SMILES string of the molecule is O=C1[C@@H]2[C@@H](C(=O)N1/N=C\c1cc(Br)c(OCc3ccccc3)c(Br)c1)[C@H]1C=C[C@H]2C1. The monoisotopic (exact) mass is 528 g/mol. The van der Waals surface area contributed by atoms with E-state index < -0.39 is 0 Å². The number of hydrogen-bond acceptors (Lipinski definition) is 4. The van der Waals surface area contributed by atoms with Crippen LogP contribution in [0.5, 0.6) is 5.75 Å². The van der Waals surface area contributed by atoms with Crippen molar-refractivity contribution >= 4 is 49.9 Å². The molecule has 5 rings (SSSR count). The van der Waals surface area contributed by atoms with E-state index in [-0.39, 0.29) is 35.5 Å². The van der Waals surface area contributed by atoms with Gasteiger partial charge in [-0.25, -0.2) is 0 Å². The molecular formula is C23H18Br2N2O3. The Bertz CT molecular complexity index is 1030. The molecule has 0 unspecified atom stereocenters. The highest BCUT2D eigenvalue weighted by Gasteiger charge is 2.59. The maximum atomic E-state index is 12.7. The van der Waals surface area contributed by atoms with Crippen LogP contribution in [0, 0.1) is 23.7 Å². The second kappa shape index (κ2) is 7.78. The minimum Gasteiger partial charge on any atom is -0.487 e. The van der Waals surface area contributed by atoms with Gasteiger partial charge in [0.15, 0.2) is 0 Å². The first-order valence-electron chi connectivity index (χ1n) is 9.79. The summed E-state index contributed by atoms with van der Waals surface area (Å²) in [6.07, 6.45) is 6.61. The Balaban J connectivity index is 1.31. The Morgan fingerprint density at radius 1 is 1.00 bits per heavy atom. The average molecular weight is 530 g/mol. The Morgan fingerprint density at radius 3 is 2.20 bits per heavy atom. The molecule has 0 radical (unpaired) electrons. The summed E-state index contributed by atoms with van der Waals surface area (Å²) in [6, 6.07) is 13.6. The molecule has 2 aromatic rings. The molecule has 7 heteroatoms. The molecule has 3 aliphatic rings. The first-order chi connectivity index (χ1) is 14.5. The van der Waals surface area contributed by atoms with Crippen LogP contribution in [0.1, 0.15) is 17.5 Å². The van der Waals surface area contributed by atoms with E-state index in [1.54, 1.807) is 6.21 Å². The number of imide groups is 1. The van der Waals surface area contributed by atoms with Crippen molar-refractivity contribution in [3.8, 4) is 5.75 Å². The van der Waals surface area contributed by atoms with E-state index in [4.69, 9.17) is 4.74 Å². The van der Waals surface area contributed by atoms with Gasteiger partial charge in [-0.05, 0) is 73.4 Å². The molecule has 0 N–H and O–H groups in total. The first-order valence-corrected chi connectivity index (χ1v) is 11.4. The second-order valence-electron chi connectivity index (χ2n) is 7.82. The minimum atomic E-state index is -0.239. The zero-order valence-electron chi connectivity index (χ0n) is 15.9. The largest absolute Gasteiger partial charge is 0.487 e. The molecule has 0 aromatic heterocycles. The minimum absolute atomic E-state index is 0.181. The fourth-order valence-corrected chi connectivity index (χ4v) is 6.10. The highest BCUT2D eigenvalue weighted by Crippen LogP contribution is 2.52. The normalized spacial score (nSPS) is 26.8. The van der Waals surface area contributed by atoms with Crippen LogP contribution in [0.4, 0.5) is 0 Å². The summed E-state index contributed by atoms with van der Waals surface area (Å²) in [5, 5.41) is 5.30. The number of ether oxygens (including phenoxy) is 1. The van der Waals surface area contributed by atoms with Crippen LogP contribution in [-0.2, 0) is 16.2 Å². The summed E-state index contributed by atoms with van der Waals surface area (Å²) < 4.78 is 7.45. The van der Waals surface area contributed by atoms with Crippen LogP contribution >= 0.6 is 31.9 Å². The number of rotatable bonds is 5. The van der Waals surface area contributed by atoms with Crippen molar-refractivity contribution in [2.45, 2.75) is 13.0 Å². The van der Waals surface area contributed by atoms with E-state index in [1.807, 2.05) is 42.5 Å². The summed E-state index contributed by atoms with van der Waals surface area (Å²) in [6.45, 7) is 0.446. The van der Waals surface area contributed by atoms with Crippen molar-refractivity contribution in [2.75, 3.05) is 0 Å². The standard InChI is InChI=1S/C23H18Br2N2O3/c24-17-8-14(9-18(25)21(17)30-12-13-4-2-1-3-5-13)11-26-27-22(28)19-15-6-7-16(10-15)20(19)23(27)29/h1-9,11,15-16,19-20H,10,12H2/b26-11-/t15-,16-,19-,20-/m0/s1. The van der Waals surface area contributed by atoms with Crippen molar-refractivity contribution in [1.82, 2.24) is 5.01 Å². The number of allylic oxidation sites excluding steroid dienone is 2. The highest BCUT2D eigenvalue weighted by atomic mass is 79.9. The number of halogens is 2. The third-order valence-corrected chi connectivity index (χ3v) is 7.19. The van der Waals surface area contributed by atoms with Gasteiger partial charge in [0.05, 0.1) is 27.0 Å². The average Bonchev–Trinajstić information content (AvgIpc) is 3.41. The van der Waals surface area contributed by atoms with Crippen LogP contribution in [0.25, 0.3) is 0 Å². The van der Waals surface area contributed by atoms with Gasteiger partial charge in [-0.1, -0.05) is 42.5 Å². The van der Waals surface area contributed by atoms with Crippen molar-refractivity contribution < 1.29 is 14.3 Å². The van der Waals surface area contributed by atoms with E-state index in [2.05, 4.69) is 49.1 Å². The van der Waals surface area contributed by atoms with Crippen molar-refractivity contribution in [3.63, 3.8) is 0 Å². The van der Waals surface area contributed by atoms with Crippen molar-refractivity contribution in [1.29, 1.82) is 0 Å². The van der Waals surface area contributed by atoms with E-state index in [1.165, 1.54) is 0 Å². The van der Waals surface area contributed by atoms with E-state index in [0.29, 0.717) is 12.4 Å². The number of carbonyl (C=O) groups excluding carboxylic acids is 2. The predicted octanol–water partition coefficient (Wildman–Crippen LogP) is 4.93. The van der Waals surface area contributed by atoms with Crippen molar-refractivity contribution in [2.24, 2.45) is 28.8 Å². The molecule has 2 aliphatic carbocycles. The summed E-state index contributed by atoms with van der Waals surface area (Å²) in [4.78, 5) is 25.5. The van der Waals surface area contributed by atoms with Crippen LogP contribution in [0.3, 0.4) is 0 Å². The number of nitrogens with zero attached hydrogens (tertiary/aromatic N) is 2. The smallest absolute Gasteiger partial charge is 0.254 e. The summed E-state index contributed by atoms with van der Waals surface area (Å²) in [5.74, 6) is 0.204. The van der Waals surface area contributed by atoms with Gasteiger partial charge >= 0.3 is 0 Å². The molecule has 1 aliphatic heterocycles. The summed E-state index contributed by atoms with van der Waals surface area (Å²) in [5.41, 5.74) is 1.82. The number of benzene rings is 2. The van der Waals surface area contributed by atoms with Crippen molar-refractivity contribution in [3.05, 3.63) is 74.7 Å². The lowest BCUT2D eigenvalue weighted by atomic mass is 9.85. The molecule has 1 saturated carbocycles. The molecule has 30 heavy (non-hydrogen) atoms. The molecule has 5 nitrogen and oxygen atoms in total. The van der Waals surface area contributed by atoms with Gasteiger partial charge in [0.25, 0.3) is 11.8 Å². The Hall–Kier alpha value is -2.25. The first kappa shape index (κ1) is 19.7. The molecular weight excluding hydrogens is 512 g/mol.